The number of nitrogens with two attached hydrogens (primary N) is 1. The van der Waals surface area contributed by atoms with Gasteiger partial charge in [-0.3, -0.25) is 14.7 Å². The number of primary amides is 1. The van der Waals surface area contributed by atoms with Crippen LogP contribution in [-0.2, 0) is 23.0 Å². The van der Waals surface area contributed by atoms with E-state index in [1.54, 1.807) is 18.3 Å². The Morgan fingerprint density at radius 2 is 2.10 bits per heavy atom. The lowest BCUT2D eigenvalue weighted by Crippen LogP contribution is -2.35. The Labute approximate surface area is 177 Å². The fourth-order valence-corrected chi connectivity index (χ4v) is 5.68. The van der Waals surface area contributed by atoms with Crippen molar-refractivity contribution in [3.8, 4) is 0 Å². The van der Waals surface area contributed by atoms with Crippen LogP contribution in [-0.4, -0.2) is 41.3 Å². The van der Waals surface area contributed by atoms with Gasteiger partial charge in [0.25, 0.3) is 11.8 Å². The number of hydrogen-bond donors (Lipinski definition) is 3. The van der Waals surface area contributed by atoms with Crippen LogP contribution in [0.3, 0.4) is 0 Å². The van der Waals surface area contributed by atoms with E-state index in [9.17, 15) is 18.0 Å². The first-order valence-electron chi connectivity index (χ1n) is 9.09. The van der Waals surface area contributed by atoms with Crippen LogP contribution >= 0.6 is 11.3 Å². The molecule has 0 bridgehead atoms. The van der Waals surface area contributed by atoms with Gasteiger partial charge < -0.3 is 11.1 Å². The summed E-state index contributed by atoms with van der Waals surface area (Å²) in [6.07, 6.45) is 0.669. The third-order valence-electron chi connectivity index (χ3n) is 4.93. The van der Waals surface area contributed by atoms with Gasteiger partial charge >= 0.3 is 0 Å². The lowest BCUT2D eigenvalue weighted by molar-refractivity contribution is 0.0996. The third kappa shape index (κ3) is 3.62. The van der Waals surface area contributed by atoms with E-state index in [2.05, 4.69) is 15.5 Å². The fraction of sp³-hybridized carbons (Fsp3) is 0.211. The summed E-state index contributed by atoms with van der Waals surface area (Å²) < 4.78 is 27.7. The molecule has 1 aliphatic rings. The van der Waals surface area contributed by atoms with E-state index in [0.29, 0.717) is 25.2 Å². The molecule has 156 valence electrons. The molecular formula is C19H19N5O4S2. The maximum Gasteiger partial charge on any atom is 0.271 e. The van der Waals surface area contributed by atoms with Crippen LogP contribution in [0.25, 0.3) is 0 Å². The molecule has 11 heteroatoms. The topological polar surface area (TPSA) is 138 Å². The molecule has 0 atom stereocenters. The summed E-state index contributed by atoms with van der Waals surface area (Å²) in [6, 6.07) is 7.75. The van der Waals surface area contributed by atoms with Crippen LogP contribution < -0.4 is 11.1 Å². The van der Waals surface area contributed by atoms with E-state index in [-0.39, 0.29) is 21.8 Å². The smallest absolute Gasteiger partial charge is 0.271 e. The molecule has 0 aliphatic carbocycles. The van der Waals surface area contributed by atoms with E-state index in [0.717, 1.165) is 5.56 Å². The van der Waals surface area contributed by atoms with Crippen molar-refractivity contribution in [3.63, 3.8) is 0 Å². The van der Waals surface area contributed by atoms with Crippen LogP contribution in [0.1, 0.15) is 37.0 Å². The van der Waals surface area contributed by atoms with E-state index in [1.807, 2.05) is 11.4 Å². The number of fused-ring (bicyclic) bond motifs is 1. The second kappa shape index (κ2) is 7.67. The van der Waals surface area contributed by atoms with Crippen molar-refractivity contribution in [2.45, 2.75) is 24.8 Å². The molecule has 2 aromatic heterocycles. The van der Waals surface area contributed by atoms with E-state index < -0.39 is 21.8 Å². The highest BCUT2D eigenvalue weighted by Crippen LogP contribution is 2.28. The minimum atomic E-state index is -3.77. The maximum atomic E-state index is 13.1. The number of nitrogens with zero attached hydrogens (tertiary/aromatic N) is 2. The van der Waals surface area contributed by atoms with E-state index >= 15 is 0 Å². The molecule has 4 rings (SSSR count). The number of H-pyrrole nitrogens is 1. The molecule has 0 spiro atoms. The summed E-state index contributed by atoms with van der Waals surface area (Å²) in [6.45, 7) is 2.33. The number of rotatable bonds is 5. The summed E-state index contributed by atoms with van der Waals surface area (Å²) in [5.41, 5.74) is 6.96. The normalized spacial score (nSPS) is 14.3. The van der Waals surface area contributed by atoms with Gasteiger partial charge in [-0.05, 0) is 48.6 Å². The summed E-state index contributed by atoms with van der Waals surface area (Å²) in [5, 5.41) is 10.9. The first-order chi connectivity index (χ1) is 14.3. The van der Waals surface area contributed by atoms with Crippen LogP contribution in [0, 0.1) is 6.92 Å². The highest BCUT2D eigenvalue weighted by molar-refractivity contribution is 7.89. The Balaban J connectivity index is 1.59. The molecular weight excluding hydrogens is 426 g/mol. The van der Waals surface area contributed by atoms with Crippen molar-refractivity contribution in [3.05, 3.63) is 63.1 Å². The number of aromatic nitrogens is 2. The Morgan fingerprint density at radius 1 is 1.30 bits per heavy atom. The molecule has 30 heavy (non-hydrogen) atoms. The Morgan fingerprint density at radius 3 is 2.87 bits per heavy atom. The van der Waals surface area contributed by atoms with Gasteiger partial charge in [0, 0.05) is 23.5 Å². The summed E-state index contributed by atoms with van der Waals surface area (Å²) >= 11 is 1.63. The average molecular weight is 446 g/mol. The number of anilines is 1. The zero-order valence-corrected chi connectivity index (χ0v) is 17.6. The lowest BCUT2D eigenvalue weighted by Gasteiger charge is -2.26. The van der Waals surface area contributed by atoms with Crippen molar-refractivity contribution in [1.82, 2.24) is 14.5 Å². The third-order valence-corrected chi connectivity index (χ3v) is 7.79. The predicted octanol–water partition coefficient (Wildman–Crippen LogP) is 1.88. The predicted molar refractivity (Wildman–Crippen MR) is 112 cm³/mol. The number of nitrogens with one attached hydrogen (secondary N) is 2. The molecule has 3 aromatic rings. The first-order valence-corrected chi connectivity index (χ1v) is 11.4. The van der Waals surface area contributed by atoms with Gasteiger partial charge in [0.05, 0.1) is 16.3 Å². The number of thiophene rings is 1. The van der Waals surface area contributed by atoms with Crippen LogP contribution in [0.2, 0.25) is 0 Å². The van der Waals surface area contributed by atoms with Crippen LogP contribution in [0.5, 0.6) is 0 Å². The summed E-state index contributed by atoms with van der Waals surface area (Å²) in [4.78, 5) is 25.4. The molecule has 9 nitrogen and oxygen atoms in total. The minimum absolute atomic E-state index is 0.0351. The number of aromatic amines is 1. The number of carbonyl (C=O) groups excluding carboxylic acids is 2. The molecule has 3 heterocycles. The molecule has 0 fully saturated rings. The standard InChI is InChI=1S/C19H19N5O4S2/c1-11-16(17(18(20)25)23-22-11)21-19(26)12-3-2-4-14(9-12)30(27,28)24-7-5-15-13(10-24)6-8-29-15/h2-4,6,8-9H,5,7,10H2,1H3,(H2,20,25)(H,21,26)(H,22,23). The average Bonchev–Trinajstić information content (AvgIpc) is 3.34. The highest BCUT2D eigenvalue weighted by atomic mass is 32.2. The molecule has 0 saturated carbocycles. The second-order valence-corrected chi connectivity index (χ2v) is 9.81. The number of amides is 2. The first kappa shape index (κ1) is 20.3. The van der Waals surface area contributed by atoms with Gasteiger partial charge in [0.1, 0.15) is 0 Å². The number of aryl methyl sites for hydroxylation is 1. The van der Waals surface area contributed by atoms with Crippen molar-refractivity contribution in [2.75, 3.05) is 11.9 Å². The summed E-state index contributed by atoms with van der Waals surface area (Å²) in [5.74, 6) is -1.36. The largest absolute Gasteiger partial charge is 0.364 e. The summed E-state index contributed by atoms with van der Waals surface area (Å²) in [7, 11) is -3.77. The fourth-order valence-electron chi connectivity index (χ4n) is 3.32. The van der Waals surface area contributed by atoms with E-state index in [1.165, 1.54) is 33.4 Å². The van der Waals surface area contributed by atoms with E-state index in [4.69, 9.17) is 5.73 Å². The molecule has 4 N–H and O–H groups in total. The highest BCUT2D eigenvalue weighted by Gasteiger charge is 2.29. The van der Waals surface area contributed by atoms with Crippen molar-refractivity contribution in [1.29, 1.82) is 0 Å². The SMILES string of the molecule is Cc1[nH]nc(C(N)=O)c1NC(=O)c1cccc(S(=O)(=O)N2CCc3sccc3C2)c1. The lowest BCUT2D eigenvalue weighted by atomic mass is 10.1. The van der Waals surface area contributed by atoms with Gasteiger partial charge in [-0.1, -0.05) is 6.07 Å². The molecule has 1 aromatic carbocycles. The van der Waals surface area contributed by atoms with Crippen molar-refractivity contribution >= 4 is 38.9 Å². The van der Waals surface area contributed by atoms with Crippen molar-refractivity contribution < 1.29 is 18.0 Å². The minimum Gasteiger partial charge on any atom is -0.364 e. The number of carbonyl (C=O) groups is 2. The van der Waals surface area contributed by atoms with Gasteiger partial charge in [0.15, 0.2) is 5.69 Å². The number of hydrogen-bond acceptors (Lipinski definition) is 6. The van der Waals surface area contributed by atoms with Gasteiger partial charge in [0.2, 0.25) is 10.0 Å². The Bertz CT molecular complexity index is 1250. The van der Waals surface area contributed by atoms with Crippen molar-refractivity contribution in [2.24, 2.45) is 5.73 Å². The zero-order chi connectivity index (χ0) is 21.5. The van der Waals surface area contributed by atoms with Gasteiger partial charge in [-0.15, -0.1) is 11.3 Å². The maximum absolute atomic E-state index is 13.1. The molecule has 0 saturated heterocycles. The second-order valence-electron chi connectivity index (χ2n) is 6.88. The molecule has 0 unspecified atom stereocenters. The Hall–Kier alpha value is -3.02. The number of benzene rings is 1. The van der Waals surface area contributed by atoms with Crippen LogP contribution in [0.15, 0.2) is 40.6 Å². The molecule has 2 amide bonds. The zero-order valence-electron chi connectivity index (χ0n) is 16.0. The molecule has 1 aliphatic heterocycles. The monoisotopic (exact) mass is 445 g/mol. The van der Waals surface area contributed by atoms with Gasteiger partial charge in [-0.2, -0.15) is 9.40 Å². The van der Waals surface area contributed by atoms with Gasteiger partial charge in [-0.25, -0.2) is 8.42 Å². The molecule has 0 radical (unpaired) electrons. The number of sulfonamides is 1. The Kier molecular flexibility index (Phi) is 5.18. The van der Waals surface area contributed by atoms with Crippen LogP contribution in [0.4, 0.5) is 5.69 Å². The quantitative estimate of drug-likeness (QED) is 0.550.